The number of methoxy groups -OCH3 is 1. The van der Waals surface area contributed by atoms with Crippen molar-refractivity contribution in [1.82, 2.24) is 15.5 Å². The number of benzene rings is 2. The lowest BCUT2D eigenvalue weighted by Gasteiger charge is -2.08. The number of anilines is 1. The highest BCUT2D eigenvalue weighted by Crippen LogP contribution is 2.20. The van der Waals surface area contributed by atoms with Gasteiger partial charge in [-0.25, -0.2) is 0 Å². The van der Waals surface area contributed by atoms with E-state index in [9.17, 15) is 4.79 Å². The first kappa shape index (κ1) is 15.6. The average Bonchev–Trinajstić information content (AvgIpc) is 2.99. The smallest absolute Gasteiger partial charge is 0.244 e. The molecule has 0 fully saturated rings. The molecule has 0 spiro atoms. The molecule has 0 bridgehead atoms. The van der Waals surface area contributed by atoms with Gasteiger partial charge in [0.1, 0.15) is 5.75 Å². The van der Waals surface area contributed by atoms with Crippen LogP contribution in [0.1, 0.15) is 11.1 Å². The largest absolute Gasteiger partial charge is 0.496 e. The number of rotatable bonds is 5. The zero-order chi connectivity index (χ0) is 16.9. The van der Waals surface area contributed by atoms with Crippen LogP contribution < -0.4 is 15.8 Å². The van der Waals surface area contributed by atoms with E-state index in [2.05, 4.69) is 15.5 Å². The standard InChI is InChI=1S/C18H18N4O2/c1-24-16-5-3-2-4-13(16)11-20-17(23)9-7-12-6-8-15-14(10-12)18(19)22-21-15/h2-10H,11H2,1H3,(H,20,23)(H3,19,21,22). The molecule has 3 aromatic rings. The minimum atomic E-state index is -0.179. The maximum atomic E-state index is 12.0. The number of nitrogens with one attached hydrogen (secondary N) is 2. The van der Waals surface area contributed by atoms with Crippen LogP contribution in [0.2, 0.25) is 0 Å². The van der Waals surface area contributed by atoms with Crippen LogP contribution in [-0.4, -0.2) is 23.2 Å². The van der Waals surface area contributed by atoms with Gasteiger partial charge in [-0.2, -0.15) is 5.10 Å². The van der Waals surface area contributed by atoms with E-state index in [1.54, 1.807) is 13.2 Å². The van der Waals surface area contributed by atoms with Crippen molar-refractivity contribution in [2.45, 2.75) is 6.54 Å². The van der Waals surface area contributed by atoms with Crippen molar-refractivity contribution < 1.29 is 9.53 Å². The Labute approximate surface area is 139 Å². The van der Waals surface area contributed by atoms with Crippen molar-refractivity contribution in [3.63, 3.8) is 0 Å². The highest BCUT2D eigenvalue weighted by Gasteiger charge is 2.04. The molecule has 0 saturated heterocycles. The summed E-state index contributed by atoms with van der Waals surface area (Å²) < 4.78 is 5.26. The second-order valence-electron chi connectivity index (χ2n) is 5.28. The molecule has 0 aliphatic rings. The number of aromatic amines is 1. The maximum absolute atomic E-state index is 12.0. The Morgan fingerprint density at radius 1 is 1.33 bits per heavy atom. The quantitative estimate of drug-likeness (QED) is 0.629. The van der Waals surface area contributed by atoms with Crippen molar-refractivity contribution in [1.29, 1.82) is 0 Å². The summed E-state index contributed by atoms with van der Waals surface area (Å²) in [6.07, 6.45) is 3.23. The summed E-state index contributed by atoms with van der Waals surface area (Å²) in [4.78, 5) is 12.0. The molecule has 0 atom stereocenters. The molecule has 3 rings (SSSR count). The molecule has 122 valence electrons. The molecule has 0 unspecified atom stereocenters. The predicted octanol–water partition coefficient (Wildman–Crippen LogP) is 2.48. The number of para-hydroxylation sites is 1. The van der Waals surface area contributed by atoms with E-state index >= 15 is 0 Å². The molecule has 0 radical (unpaired) electrons. The Morgan fingerprint density at radius 2 is 2.17 bits per heavy atom. The number of nitrogens with zero attached hydrogens (tertiary/aromatic N) is 1. The number of carbonyl (C=O) groups is 1. The van der Waals surface area contributed by atoms with Crippen LogP contribution in [0.4, 0.5) is 5.82 Å². The number of ether oxygens (including phenoxy) is 1. The number of amides is 1. The molecule has 0 aliphatic carbocycles. The first-order chi connectivity index (χ1) is 11.7. The molecule has 1 heterocycles. The number of nitrogen functional groups attached to an aromatic ring is 1. The van der Waals surface area contributed by atoms with E-state index in [0.29, 0.717) is 12.4 Å². The van der Waals surface area contributed by atoms with Crippen LogP contribution in [0.3, 0.4) is 0 Å². The molecule has 24 heavy (non-hydrogen) atoms. The summed E-state index contributed by atoms with van der Waals surface area (Å²) in [5.74, 6) is 1.02. The van der Waals surface area contributed by atoms with Crippen molar-refractivity contribution >= 4 is 28.7 Å². The fourth-order valence-electron chi connectivity index (χ4n) is 2.42. The second kappa shape index (κ2) is 6.87. The molecule has 2 aromatic carbocycles. The van der Waals surface area contributed by atoms with E-state index in [-0.39, 0.29) is 5.91 Å². The zero-order valence-corrected chi connectivity index (χ0v) is 13.2. The zero-order valence-electron chi connectivity index (χ0n) is 13.2. The van der Waals surface area contributed by atoms with Crippen molar-refractivity contribution in [3.05, 3.63) is 59.7 Å². The average molecular weight is 322 g/mol. The molecule has 6 nitrogen and oxygen atoms in total. The normalized spacial score (nSPS) is 11.0. The topological polar surface area (TPSA) is 93.0 Å². The molecular formula is C18H18N4O2. The van der Waals surface area contributed by atoms with E-state index in [4.69, 9.17) is 10.5 Å². The molecule has 1 amide bonds. The van der Waals surface area contributed by atoms with Crippen LogP contribution in [0.15, 0.2) is 48.5 Å². The first-order valence-electron chi connectivity index (χ1n) is 7.49. The van der Waals surface area contributed by atoms with Gasteiger partial charge in [0.05, 0.1) is 12.6 Å². The third kappa shape index (κ3) is 3.38. The summed E-state index contributed by atoms with van der Waals surface area (Å²) in [6, 6.07) is 13.2. The minimum Gasteiger partial charge on any atom is -0.496 e. The van der Waals surface area contributed by atoms with E-state index < -0.39 is 0 Å². The molecule has 4 N–H and O–H groups in total. The number of aromatic nitrogens is 2. The molecule has 0 saturated carbocycles. The number of hydrogen-bond acceptors (Lipinski definition) is 4. The predicted molar refractivity (Wildman–Crippen MR) is 94.4 cm³/mol. The van der Waals surface area contributed by atoms with Crippen LogP contribution in [0.5, 0.6) is 5.75 Å². The van der Waals surface area contributed by atoms with E-state index in [1.807, 2.05) is 42.5 Å². The second-order valence-corrected chi connectivity index (χ2v) is 5.28. The highest BCUT2D eigenvalue weighted by atomic mass is 16.5. The van der Waals surface area contributed by atoms with Crippen LogP contribution in [-0.2, 0) is 11.3 Å². The Kier molecular flexibility index (Phi) is 4.47. The van der Waals surface area contributed by atoms with Crippen molar-refractivity contribution in [2.75, 3.05) is 12.8 Å². The lowest BCUT2D eigenvalue weighted by atomic mass is 10.1. The molecule has 6 heteroatoms. The van der Waals surface area contributed by atoms with Crippen molar-refractivity contribution in [3.8, 4) is 5.75 Å². The first-order valence-corrected chi connectivity index (χ1v) is 7.49. The van der Waals surface area contributed by atoms with Gasteiger partial charge in [0.25, 0.3) is 0 Å². The number of hydrogen-bond donors (Lipinski definition) is 3. The summed E-state index contributed by atoms with van der Waals surface area (Å²) in [5, 5.41) is 10.5. The Morgan fingerprint density at radius 3 is 3.00 bits per heavy atom. The van der Waals surface area contributed by atoms with Crippen LogP contribution in [0, 0.1) is 0 Å². The Bertz CT molecular complexity index is 899. The summed E-state index contributed by atoms with van der Waals surface area (Å²) in [6.45, 7) is 0.404. The highest BCUT2D eigenvalue weighted by molar-refractivity contribution is 5.94. The third-order valence-corrected chi connectivity index (χ3v) is 3.69. The van der Waals surface area contributed by atoms with Gasteiger partial charge in [0.15, 0.2) is 5.82 Å². The van der Waals surface area contributed by atoms with Crippen molar-refractivity contribution in [2.24, 2.45) is 0 Å². The SMILES string of the molecule is COc1ccccc1CNC(=O)C=Cc1ccc2[nH]nc(N)c2c1. The monoisotopic (exact) mass is 322 g/mol. The van der Waals surface area contributed by atoms with Gasteiger partial charge >= 0.3 is 0 Å². The summed E-state index contributed by atoms with van der Waals surface area (Å²) in [5.41, 5.74) is 8.45. The maximum Gasteiger partial charge on any atom is 0.244 e. The lowest BCUT2D eigenvalue weighted by molar-refractivity contribution is -0.116. The number of carbonyl (C=O) groups excluding carboxylic acids is 1. The van der Waals surface area contributed by atoms with Gasteiger partial charge in [-0.1, -0.05) is 24.3 Å². The van der Waals surface area contributed by atoms with Gasteiger partial charge < -0.3 is 15.8 Å². The van der Waals surface area contributed by atoms with Crippen LogP contribution in [0.25, 0.3) is 17.0 Å². The van der Waals surface area contributed by atoms with Crippen LogP contribution >= 0.6 is 0 Å². The molecule has 1 aromatic heterocycles. The summed E-state index contributed by atoms with van der Waals surface area (Å²) in [7, 11) is 1.61. The number of nitrogens with two attached hydrogens (primary N) is 1. The summed E-state index contributed by atoms with van der Waals surface area (Å²) >= 11 is 0. The van der Waals surface area contributed by atoms with E-state index in [1.165, 1.54) is 6.08 Å². The van der Waals surface area contributed by atoms with Gasteiger partial charge in [0, 0.05) is 23.6 Å². The Hall–Kier alpha value is -3.28. The lowest BCUT2D eigenvalue weighted by Crippen LogP contribution is -2.20. The molecular weight excluding hydrogens is 304 g/mol. The van der Waals surface area contributed by atoms with E-state index in [0.717, 1.165) is 27.8 Å². The minimum absolute atomic E-state index is 0.179. The number of fused-ring (bicyclic) bond motifs is 1. The Balaban J connectivity index is 1.65. The van der Waals surface area contributed by atoms with Gasteiger partial charge in [-0.05, 0) is 29.8 Å². The van der Waals surface area contributed by atoms with Gasteiger partial charge in [0.2, 0.25) is 5.91 Å². The van der Waals surface area contributed by atoms with Gasteiger partial charge in [-0.3, -0.25) is 9.89 Å². The third-order valence-electron chi connectivity index (χ3n) is 3.69. The van der Waals surface area contributed by atoms with Gasteiger partial charge in [-0.15, -0.1) is 0 Å². The fourth-order valence-corrected chi connectivity index (χ4v) is 2.42. The number of H-pyrrole nitrogens is 1. The fraction of sp³-hybridized carbons (Fsp3) is 0.111. The molecule has 0 aliphatic heterocycles.